The molecule has 0 aliphatic rings. The number of ether oxygens (including phenoxy) is 3. The third kappa shape index (κ3) is 5.06. The van der Waals surface area contributed by atoms with Crippen LogP contribution in [0.15, 0.2) is 36.4 Å². The zero-order valence-electron chi connectivity index (χ0n) is 15.1. The molecule has 5 nitrogen and oxygen atoms in total. The van der Waals surface area contributed by atoms with E-state index in [1.807, 2.05) is 0 Å². The third-order valence-corrected chi connectivity index (χ3v) is 3.92. The fourth-order valence-electron chi connectivity index (χ4n) is 2.54. The number of amides is 1. The quantitative estimate of drug-likeness (QED) is 0.792. The fourth-order valence-corrected chi connectivity index (χ4v) is 2.54. The molecular weight excluding hydrogens is 363 g/mol. The normalized spacial score (nSPS) is 11.0. The van der Waals surface area contributed by atoms with Crippen molar-refractivity contribution in [1.82, 2.24) is 5.32 Å². The summed E-state index contributed by atoms with van der Waals surface area (Å²) in [6, 6.07) is 7.51. The Labute approximate surface area is 155 Å². The van der Waals surface area contributed by atoms with E-state index in [0.29, 0.717) is 23.7 Å². The predicted molar refractivity (Wildman–Crippen MR) is 93.6 cm³/mol. The van der Waals surface area contributed by atoms with E-state index >= 15 is 0 Å². The molecule has 0 fully saturated rings. The highest BCUT2D eigenvalue weighted by molar-refractivity contribution is 5.94. The molecule has 1 N–H and O–H groups in total. The van der Waals surface area contributed by atoms with Crippen molar-refractivity contribution in [3.63, 3.8) is 0 Å². The van der Waals surface area contributed by atoms with Crippen LogP contribution in [0.5, 0.6) is 17.2 Å². The van der Waals surface area contributed by atoms with E-state index in [9.17, 15) is 18.0 Å². The summed E-state index contributed by atoms with van der Waals surface area (Å²) >= 11 is 0. The van der Waals surface area contributed by atoms with Crippen molar-refractivity contribution in [2.24, 2.45) is 0 Å². The largest absolute Gasteiger partial charge is 0.497 e. The lowest BCUT2D eigenvalue weighted by atomic mass is 10.1. The maximum Gasteiger partial charge on any atom is 0.416 e. The van der Waals surface area contributed by atoms with Gasteiger partial charge in [-0.3, -0.25) is 4.79 Å². The Morgan fingerprint density at radius 3 is 2.19 bits per heavy atom. The number of carbonyl (C=O) groups excluding carboxylic acids is 1. The van der Waals surface area contributed by atoms with Gasteiger partial charge in [0.05, 0.1) is 26.9 Å². The average Bonchev–Trinajstić information content (AvgIpc) is 2.66. The van der Waals surface area contributed by atoms with Gasteiger partial charge < -0.3 is 19.5 Å². The van der Waals surface area contributed by atoms with Crippen LogP contribution in [-0.4, -0.2) is 33.8 Å². The van der Waals surface area contributed by atoms with Crippen molar-refractivity contribution in [1.29, 1.82) is 0 Å². The van der Waals surface area contributed by atoms with Crippen molar-refractivity contribution in [3.05, 3.63) is 53.1 Å². The second-order valence-electron chi connectivity index (χ2n) is 5.60. The molecule has 0 spiro atoms. The van der Waals surface area contributed by atoms with Gasteiger partial charge in [-0.1, -0.05) is 0 Å². The van der Waals surface area contributed by atoms with Gasteiger partial charge in [0.2, 0.25) is 0 Å². The molecule has 0 saturated carbocycles. The van der Waals surface area contributed by atoms with Gasteiger partial charge in [-0.25, -0.2) is 0 Å². The highest BCUT2D eigenvalue weighted by Crippen LogP contribution is 2.35. The summed E-state index contributed by atoms with van der Waals surface area (Å²) < 4.78 is 53.6. The second-order valence-corrected chi connectivity index (χ2v) is 5.60. The summed E-state index contributed by atoms with van der Waals surface area (Å²) in [5.74, 6) is 1.15. The molecule has 0 unspecified atom stereocenters. The van der Waals surface area contributed by atoms with Crippen LogP contribution in [-0.2, 0) is 12.6 Å². The summed E-state index contributed by atoms with van der Waals surface area (Å²) in [6.07, 6.45) is -4.01. The van der Waals surface area contributed by atoms with E-state index in [1.54, 1.807) is 12.1 Å². The van der Waals surface area contributed by atoms with Gasteiger partial charge in [0, 0.05) is 23.7 Å². The molecule has 0 bridgehead atoms. The lowest BCUT2D eigenvalue weighted by Crippen LogP contribution is -2.26. The Morgan fingerprint density at radius 1 is 1.00 bits per heavy atom. The SMILES string of the molecule is COc1cc(CCNC(=O)c2ccc(C(F)(F)F)cc2)c(OC)c(OC)c1. The lowest BCUT2D eigenvalue weighted by Gasteiger charge is -2.15. The predicted octanol–water partition coefficient (Wildman–Crippen LogP) is 3.70. The van der Waals surface area contributed by atoms with Crippen molar-refractivity contribution < 1.29 is 32.2 Å². The molecule has 146 valence electrons. The minimum Gasteiger partial charge on any atom is -0.497 e. The first kappa shape index (κ1) is 20.4. The number of hydrogen-bond acceptors (Lipinski definition) is 4. The third-order valence-electron chi connectivity index (χ3n) is 3.92. The Balaban J connectivity index is 2.04. The van der Waals surface area contributed by atoms with Crippen molar-refractivity contribution >= 4 is 5.91 Å². The molecule has 0 aliphatic carbocycles. The first-order valence-corrected chi connectivity index (χ1v) is 8.04. The van der Waals surface area contributed by atoms with Crippen molar-refractivity contribution in [2.75, 3.05) is 27.9 Å². The molecule has 2 rings (SSSR count). The van der Waals surface area contributed by atoms with E-state index in [-0.39, 0.29) is 12.1 Å². The molecule has 0 heterocycles. The van der Waals surface area contributed by atoms with E-state index in [1.165, 1.54) is 21.3 Å². The highest BCUT2D eigenvalue weighted by Gasteiger charge is 2.30. The van der Waals surface area contributed by atoms with E-state index in [4.69, 9.17) is 14.2 Å². The van der Waals surface area contributed by atoms with Crippen LogP contribution in [0.4, 0.5) is 13.2 Å². The summed E-state index contributed by atoms with van der Waals surface area (Å²) in [4.78, 5) is 12.1. The number of rotatable bonds is 7. The summed E-state index contributed by atoms with van der Waals surface area (Å²) in [6.45, 7) is 0.256. The zero-order valence-corrected chi connectivity index (χ0v) is 15.1. The summed E-state index contributed by atoms with van der Waals surface area (Å²) in [5.41, 5.74) is 0.117. The van der Waals surface area contributed by atoms with Crippen LogP contribution in [0.2, 0.25) is 0 Å². The Bertz CT molecular complexity index is 789. The zero-order chi connectivity index (χ0) is 20.0. The van der Waals surface area contributed by atoms with Gasteiger partial charge in [-0.05, 0) is 36.8 Å². The molecule has 8 heteroatoms. The number of hydrogen-bond donors (Lipinski definition) is 1. The van der Waals surface area contributed by atoms with Crippen LogP contribution < -0.4 is 19.5 Å². The molecule has 1 amide bonds. The van der Waals surface area contributed by atoms with Gasteiger partial charge >= 0.3 is 6.18 Å². The lowest BCUT2D eigenvalue weighted by molar-refractivity contribution is -0.137. The Kier molecular flexibility index (Phi) is 6.55. The van der Waals surface area contributed by atoms with Gasteiger partial charge in [0.1, 0.15) is 5.75 Å². The average molecular weight is 383 g/mol. The summed E-state index contributed by atoms with van der Waals surface area (Å²) in [5, 5.41) is 2.67. The molecule has 0 saturated heterocycles. The number of nitrogens with one attached hydrogen (secondary N) is 1. The minimum atomic E-state index is -4.43. The molecular formula is C19H20F3NO4. The number of halogens is 3. The first-order chi connectivity index (χ1) is 12.8. The Hall–Kier alpha value is -2.90. The molecule has 2 aromatic rings. The van der Waals surface area contributed by atoms with Crippen LogP contribution in [0.1, 0.15) is 21.5 Å². The second kappa shape index (κ2) is 8.66. The number of alkyl halides is 3. The van der Waals surface area contributed by atoms with Gasteiger partial charge in [0.25, 0.3) is 5.91 Å². The van der Waals surface area contributed by atoms with Gasteiger partial charge in [-0.15, -0.1) is 0 Å². The standard InChI is InChI=1S/C19H20F3NO4/c1-25-15-10-13(17(27-3)16(11-15)26-2)8-9-23-18(24)12-4-6-14(7-5-12)19(20,21)22/h4-7,10-11H,8-9H2,1-3H3,(H,23,24). The molecule has 0 aliphatic heterocycles. The first-order valence-electron chi connectivity index (χ1n) is 8.04. The highest BCUT2D eigenvalue weighted by atomic mass is 19.4. The number of benzene rings is 2. The van der Waals surface area contributed by atoms with Crippen LogP contribution >= 0.6 is 0 Å². The van der Waals surface area contributed by atoms with Crippen LogP contribution in [0.3, 0.4) is 0 Å². The smallest absolute Gasteiger partial charge is 0.416 e. The molecule has 27 heavy (non-hydrogen) atoms. The van der Waals surface area contributed by atoms with Crippen LogP contribution in [0.25, 0.3) is 0 Å². The Morgan fingerprint density at radius 2 is 1.67 bits per heavy atom. The van der Waals surface area contributed by atoms with E-state index in [0.717, 1.165) is 29.8 Å². The number of methoxy groups -OCH3 is 3. The van der Waals surface area contributed by atoms with Gasteiger partial charge in [-0.2, -0.15) is 13.2 Å². The maximum atomic E-state index is 12.6. The maximum absolute atomic E-state index is 12.6. The molecule has 0 aromatic heterocycles. The monoisotopic (exact) mass is 383 g/mol. The van der Waals surface area contributed by atoms with Crippen molar-refractivity contribution in [3.8, 4) is 17.2 Å². The van der Waals surface area contributed by atoms with Crippen molar-refractivity contribution in [2.45, 2.75) is 12.6 Å². The van der Waals surface area contributed by atoms with Crippen LogP contribution in [0, 0.1) is 0 Å². The van der Waals surface area contributed by atoms with Gasteiger partial charge in [0.15, 0.2) is 11.5 Å². The van der Waals surface area contributed by atoms with E-state index in [2.05, 4.69) is 5.32 Å². The van der Waals surface area contributed by atoms with E-state index < -0.39 is 17.6 Å². The number of carbonyl (C=O) groups is 1. The topological polar surface area (TPSA) is 56.8 Å². The molecule has 0 radical (unpaired) electrons. The minimum absolute atomic E-state index is 0.151. The molecule has 2 aromatic carbocycles. The summed E-state index contributed by atoms with van der Waals surface area (Å²) in [7, 11) is 4.54. The molecule has 0 atom stereocenters. The fraction of sp³-hybridized carbons (Fsp3) is 0.316.